The van der Waals surface area contributed by atoms with E-state index in [1.165, 1.54) is 0 Å². The maximum atomic E-state index is 11.5. The number of fused-ring (bicyclic) bond motifs is 1. The lowest BCUT2D eigenvalue weighted by Crippen LogP contribution is -2.18. The summed E-state index contributed by atoms with van der Waals surface area (Å²) in [4.78, 5) is 11.5. The van der Waals surface area contributed by atoms with E-state index in [1.807, 2.05) is 18.2 Å². The van der Waals surface area contributed by atoms with Crippen LogP contribution in [0.25, 0.3) is 0 Å². The van der Waals surface area contributed by atoms with Crippen LogP contribution in [0.4, 0.5) is 0 Å². The van der Waals surface area contributed by atoms with Crippen molar-refractivity contribution in [1.29, 1.82) is 0 Å². The molecule has 2 N–H and O–H groups in total. The fourth-order valence-electron chi connectivity index (χ4n) is 2.77. The monoisotopic (exact) mass is 522 g/mol. The van der Waals surface area contributed by atoms with Crippen molar-refractivity contribution in [2.75, 3.05) is 6.61 Å². The topological polar surface area (TPSA) is 66.8 Å². The predicted octanol–water partition coefficient (Wildman–Crippen LogP) is 4.21. The summed E-state index contributed by atoms with van der Waals surface area (Å²) in [6, 6.07) is 8.96. The van der Waals surface area contributed by atoms with Gasteiger partial charge in [0, 0.05) is 11.5 Å². The number of benzene rings is 2. The Morgan fingerprint density at radius 3 is 2.68 bits per heavy atom. The number of rotatable bonds is 2. The van der Waals surface area contributed by atoms with Crippen LogP contribution in [0.2, 0.25) is 0 Å². The third-order valence-electron chi connectivity index (χ3n) is 3.77. The van der Waals surface area contributed by atoms with Gasteiger partial charge in [0.1, 0.15) is 11.5 Å². The minimum atomic E-state index is -0.924. The molecular weight excluding hydrogens is 510 g/mol. The zero-order valence-electron chi connectivity index (χ0n) is 11.3. The summed E-state index contributed by atoms with van der Waals surface area (Å²) in [7, 11) is 0. The molecule has 2 aromatic rings. The minimum absolute atomic E-state index is 0.0429. The van der Waals surface area contributed by atoms with E-state index >= 15 is 0 Å². The molecule has 6 heteroatoms. The van der Waals surface area contributed by atoms with Crippen LogP contribution in [0, 0.1) is 7.14 Å². The molecule has 0 bridgehead atoms. The lowest BCUT2D eigenvalue weighted by atomic mass is 9.84. The van der Waals surface area contributed by atoms with E-state index in [4.69, 9.17) is 4.74 Å². The molecule has 0 aliphatic carbocycles. The highest BCUT2D eigenvalue weighted by Crippen LogP contribution is 2.45. The van der Waals surface area contributed by atoms with E-state index < -0.39 is 5.97 Å². The number of aromatic hydroxyl groups is 1. The summed E-state index contributed by atoms with van der Waals surface area (Å²) in [6.07, 6.45) is 0.716. The quantitative estimate of drug-likeness (QED) is 0.581. The van der Waals surface area contributed by atoms with E-state index in [9.17, 15) is 15.0 Å². The molecule has 4 nitrogen and oxygen atoms in total. The van der Waals surface area contributed by atoms with Gasteiger partial charge in [-0.1, -0.05) is 18.2 Å². The molecule has 1 unspecified atom stereocenters. The van der Waals surface area contributed by atoms with Crippen LogP contribution in [0.1, 0.15) is 33.8 Å². The molecule has 1 heterocycles. The fourth-order valence-corrected chi connectivity index (χ4v) is 4.65. The van der Waals surface area contributed by atoms with Crippen LogP contribution in [0.3, 0.4) is 0 Å². The van der Waals surface area contributed by atoms with Crippen LogP contribution < -0.4 is 4.74 Å². The van der Waals surface area contributed by atoms with Gasteiger partial charge >= 0.3 is 5.97 Å². The number of ether oxygens (including phenoxy) is 1. The average Bonchev–Trinajstić information content (AvgIpc) is 2.52. The molecule has 0 amide bonds. The molecule has 0 aromatic heterocycles. The normalized spacial score (nSPS) is 16.7. The first-order chi connectivity index (χ1) is 10.5. The fraction of sp³-hybridized carbons (Fsp3) is 0.188. The van der Waals surface area contributed by atoms with E-state index in [0.717, 1.165) is 14.7 Å². The summed E-state index contributed by atoms with van der Waals surface area (Å²) >= 11 is 4.15. The number of hydrogen-bond donors (Lipinski definition) is 2. The van der Waals surface area contributed by atoms with Gasteiger partial charge in [0.2, 0.25) is 0 Å². The second-order valence-electron chi connectivity index (χ2n) is 5.02. The Balaban J connectivity index is 2.20. The van der Waals surface area contributed by atoms with Crippen LogP contribution in [-0.4, -0.2) is 22.8 Å². The highest BCUT2D eigenvalue weighted by atomic mass is 127. The van der Waals surface area contributed by atoms with Gasteiger partial charge in [-0.2, -0.15) is 0 Å². The molecule has 114 valence electrons. The van der Waals surface area contributed by atoms with E-state index in [1.54, 1.807) is 12.1 Å². The van der Waals surface area contributed by atoms with Gasteiger partial charge in [-0.3, -0.25) is 0 Å². The van der Waals surface area contributed by atoms with Crippen molar-refractivity contribution >= 4 is 51.2 Å². The highest BCUT2D eigenvalue weighted by Gasteiger charge is 2.29. The first-order valence-electron chi connectivity index (χ1n) is 6.66. The molecule has 0 saturated carbocycles. The summed E-state index contributed by atoms with van der Waals surface area (Å²) in [5.74, 6) is -0.0902. The Labute approximate surface area is 154 Å². The molecule has 2 aromatic carbocycles. The first-order valence-corrected chi connectivity index (χ1v) is 8.82. The van der Waals surface area contributed by atoms with Gasteiger partial charge in [-0.25, -0.2) is 4.79 Å². The number of phenolic OH excluding ortho intramolecular Hbond substituents is 1. The lowest BCUT2D eigenvalue weighted by molar-refractivity contribution is 0.0695. The first kappa shape index (κ1) is 15.9. The van der Waals surface area contributed by atoms with Gasteiger partial charge in [0.05, 0.1) is 19.3 Å². The highest BCUT2D eigenvalue weighted by molar-refractivity contribution is 14.1. The summed E-state index contributed by atoms with van der Waals surface area (Å²) in [6.45, 7) is 0.502. The average molecular weight is 522 g/mol. The Morgan fingerprint density at radius 1 is 1.23 bits per heavy atom. The van der Waals surface area contributed by atoms with Crippen LogP contribution >= 0.6 is 45.2 Å². The van der Waals surface area contributed by atoms with Crippen molar-refractivity contribution < 1.29 is 19.7 Å². The number of carboxylic acids is 1. The van der Waals surface area contributed by atoms with Gasteiger partial charge in [-0.05, 0) is 69.3 Å². The maximum Gasteiger partial charge on any atom is 0.335 e. The van der Waals surface area contributed by atoms with Gasteiger partial charge < -0.3 is 14.9 Å². The molecule has 0 spiro atoms. The SMILES string of the molecule is O=C(O)c1ccccc1C1CCOc2c1cc(I)c(O)c2I. The Morgan fingerprint density at radius 2 is 1.95 bits per heavy atom. The molecule has 1 aliphatic heterocycles. The number of halogens is 2. The zero-order valence-corrected chi connectivity index (χ0v) is 15.7. The molecule has 0 fully saturated rings. The number of phenols is 1. The third kappa shape index (κ3) is 2.66. The van der Waals surface area contributed by atoms with E-state index in [2.05, 4.69) is 45.2 Å². The van der Waals surface area contributed by atoms with Crippen molar-refractivity contribution in [3.63, 3.8) is 0 Å². The second-order valence-corrected chi connectivity index (χ2v) is 7.26. The molecule has 0 radical (unpaired) electrons. The van der Waals surface area contributed by atoms with Crippen molar-refractivity contribution in [3.05, 3.63) is 54.2 Å². The molecule has 0 saturated heterocycles. The van der Waals surface area contributed by atoms with Crippen molar-refractivity contribution in [3.8, 4) is 11.5 Å². The van der Waals surface area contributed by atoms with Crippen LogP contribution in [-0.2, 0) is 0 Å². The molecular formula is C16H12I2O4. The number of hydrogen-bond acceptors (Lipinski definition) is 3. The molecule has 1 atom stereocenters. The molecule has 1 aliphatic rings. The van der Waals surface area contributed by atoms with Gasteiger partial charge in [0.25, 0.3) is 0 Å². The summed E-state index contributed by atoms with van der Waals surface area (Å²) in [5, 5.41) is 19.5. The Bertz CT molecular complexity index is 758. The maximum absolute atomic E-state index is 11.5. The van der Waals surface area contributed by atoms with Gasteiger partial charge in [-0.15, -0.1) is 0 Å². The summed E-state index contributed by atoms with van der Waals surface area (Å²) in [5.41, 5.74) is 2.04. The zero-order chi connectivity index (χ0) is 15.9. The van der Waals surface area contributed by atoms with Crippen molar-refractivity contribution in [2.45, 2.75) is 12.3 Å². The minimum Gasteiger partial charge on any atom is -0.506 e. The van der Waals surface area contributed by atoms with Crippen molar-refractivity contribution in [1.82, 2.24) is 0 Å². The predicted molar refractivity (Wildman–Crippen MR) is 98.9 cm³/mol. The molecule has 22 heavy (non-hydrogen) atoms. The van der Waals surface area contributed by atoms with Crippen molar-refractivity contribution in [2.24, 2.45) is 0 Å². The van der Waals surface area contributed by atoms with E-state index in [-0.39, 0.29) is 11.7 Å². The summed E-state index contributed by atoms with van der Waals surface area (Å²) < 4.78 is 7.14. The smallest absolute Gasteiger partial charge is 0.335 e. The van der Waals surface area contributed by atoms with Crippen LogP contribution in [0.5, 0.6) is 11.5 Å². The number of carbonyl (C=O) groups is 1. The van der Waals surface area contributed by atoms with E-state index in [0.29, 0.717) is 27.9 Å². The lowest BCUT2D eigenvalue weighted by Gasteiger charge is -2.28. The standard InChI is InChI=1S/C16H12I2O4/c17-12-7-11-9(5-6-22-15(11)13(18)14(12)19)8-3-1-2-4-10(8)16(20)21/h1-4,7,9,19H,5-6H2,(H,20,21). The van der Waals surface area contributed by atoms with Crippen LogP contribution in [0.15, 0.2) is 30.3 Å². The third-order valence-corrected chi connectivity index (χ3v) is 5.60. The largest absolute Gasteiger partial charge is 0.506 e. The number of carboxylic acid groups (broad SMARTS) is 1. The Kier molecular flexibility index (Phi) is 4.49. The molecule has 3 rings (SSSR count). The Hall–Kier alpha value is -1.03. The number of aromatic carboxylic acids is 1. The second kappa shape index (κ2) is 6.23. The van der Waals surface area contributed by atoms with Gasteiger partial charge in [0.15, 0.2) is 0 Å².